The molecule has 0 N–H and O–H groups in total. The molecular formula is C57H38N4. The molecule has 0 saturated heterocycles. The van der Waals surface area contributed by atoms with Gasteiger partial charge in [0.2, 0.25) is 0 Å². The number of nitrogens with zero attached hydrogens (tertiary/aromatic N) is 4. The standard InChI is InChI=1S/C57H38N4/c1-6-18-39(19-7-1)40-30-34-45(35-31-40)54-53(43-24-12-4-13-25-43)56-49-29-17-16-28-48(49)52(55(61(56)60-54)46-26-14-5-15-27-46)44-32-36-47(37-33-44)57-58-50(41-20-8-2-9-21-41)38-51(59-57)42-22-10-3-11-23-42/h1-38H. The van der Waals surface area contributed by atoms with Crippen molar-refractivity contribution in [1.29, 1.82) is 0 Å². The molecule has 0 radical (unpaired) electrons. The van der Waals surface area contributed by atoms with Crippen molar-refractivity contribution in [2.24, 2.45) is 0 Å². The van der Waals surface area contributed by atoms with Gasteiger partial charge >= 0.3 is 0 Å². The summed E-state index contributed by atoms with van der Waals surface area (Å²) in [7, 11) is 0. The molecule has 0 spiro atoms. The van der Waals surface area contributed by atoms with Crippen molar-refractivity contribution >= 4 is 16.3 Å². The van der Waals surface area contributed by atoms with Crippen LogP contribution in [0.25, 0.3) is 106 Å². The average molecular weight is 779 g/mol. The lowest BCUT2D eigenvalue weighted by molar-refractivity contribution is 0.981. The molecule has 4 nitrogen and oxygen atoms in total. The minimum Gasteiger partial charge on any atom is -0.231 e. The first-order valence-electron chi connectivity index (χ1n) is 20.6. The predicted molar refractivity (Wildman–Crippen MR) is 252 cm³/mol. The van der Waals surface area contributed by atoms with Gasteiger partial charge in [-0.1, -0.05) is 224 Å². The van der Waals surface area contributed by atoms with E-state index >= 15 is 0 Å². The van der Waals surface area contributed by atoms with Crippen molar-refractivity contribution in [3.8, 4) is 89.8 Å². The van der Waals surface area contributed by atoms with Crippen LogP contribution in [0.4, 0.5) is 0 Å². The van der Waals surface area contributed by atoms with Gasteiger partial charge in [-0.25, -0.2) is 14.5 Å². The number of aromatic nitrogens is 4. The summed E-state index contributed by atoms with van der Waals surface area (Å²) in [6.07, 6.45) is 0. The quantitative estimate of drug-likeness (QED) is 0.154. The third-order valence-corrected chi connectivity index (χ3v) is 11.5. The molecule has 0 aliphatic rings. The maximum Gasteiger partial charge on any atom is 0.160 e. The fraction of sp³-hybridized carbons (Fsp3) is 0. The maximum atomic E-state index is 5.61. The number of benzene rings is 8. The van der Waals surface area contributed by atoms with E-state index in [2.05, 4.69) is 199 Å². The molecule has 0 bridgehead atoms. The Labute approximate surface area is 354 Å². The van der Waals surface area contributed by atoms with Crippen LogP contribution in [0.1, 0.15) is 0 Å². The predicted octanol–water partition coefficient (Wildman–Crippen LogP) is 14.6. The Balaban J connectivity index is 1.13. The second-order valence-electron chi connectivity index (χ2n) is 15.2. The van der Waals surface area contributed by atoms with Crippen LogP contribution < -0.4 is 0 Å². The van der Waals surface area contributed by atoms with Crippen LogP contribution in [-0.2, 0) is 0 Å². The van der Waals surface area contributed by atoms with Crippen LogP contribution in [0.5, 0.6) is 0 Å². The van der Waals surface area contributed by atoms with E-state index in [-0.39, 0.29) is 0 Å². The van der Waals surface area contributed by atoms with Crippen molar-refractivity contribution < 1.29 is 0 Å². The van der Waals surface area contributed by atoms with Gasteiger partial charge < -0.3 is 0 Å². The molecule has 11 aromatic rings. The highest BCUT2D eigenvalue weighted by molar-refractivity contribution is 6.15. The molecule has 3 heterocycles. The van der Waals surface area contributed by atoms with Gasteiger partial charge in [0.25, 0.3) is 0 Å². The van der Waals surface area contributed by atoms with Gasteiger partial charge in [0.05, 0.1) is 22.6 Å². The molecule has 3 aromatic heterocycles. The van der Waals surface area contributed by atoms with Crippen LogP contribution in [0.3, 0.4) is 0 Å². The molecule has 0 amide bonds. The monoisotopic (exact) mass is 778 g/mol. The molecule has 286 valence electrons. The fourth-order valence-corrected chi connectivity index (χ4v) is 8.53. The third kappa shape index (κ3) is 6.67. The third-order valence-electron chi connectivity index (χ3n) is 11.5. The average Bonchev–Trinajstić information content (AvgIpc) is 3.76. The molecule has 8 aromatic carbocycles. The zero-order valence-electron chi connectivity index (χ0n) is 33.2. The van der Waals surface area contributed by atoms with Crippen LogP contribution >= 0.6 is 0 Å². The first kappa shape index (κ1) is 35.9. The van der Waals surface area contributed by atoms with E-state index in [1.54, 1.807) is 0 Å². The minimum atomic E-state index is 0.679. The van der Waals surface area contributed by atoms with Crippen molar-refractivity contribution in [2.75, 3.05) is 0 Å². The van der Waals surface area contributed by atoms with Gasteiger partial charge in [-0.15, -0.1) is 0 Å². The van der Waals surface area contributed by atoms with E-state index < -0.39 is 0 Å². The molecule has 0 aliphatic carbocycles. The smallest absolute Gasteiger partial charge is 0.160 e. The molecule has 0 aliphatic heterocycles. The normalized spacial score (nSPS) is 11.3. The zero-order valence-corrected chi connectivity index (χ0v) is 33.2. The number of rotatable bonds is 8. The summed E-state index contributed by atoms with van der Waals surface area (Å²) in [6, 6.07) is 80.9. The molecule has 11 rings (SSSR count). The van der Waals surface area contributed by atoms with E-state index in [9.17, 15) is 0 Å². The summed E-state index contributed by atoms with van der Waals surface area (Å²) in [4.78, 5) is 10.3. The summed E-state index contributed by atoms with van der Waals surface area (Å²) < 4.78 is 2.20. The molecule has 0 saturated carbocycles. The highest BCUT2D eigenvalue weighted by atomic mass is 15.2. The van der Waals surface area contributed by atoms with Crippen LogP contribution in [0, 0.1) is 0 Å². The van der Waals surface area contributed by atoms with Gasteiger partial charge in [-0.05, 0) is 33.7 Å². The van der Waals surface area contributed by atoms with Crippen molar-refractivity contribution in [3.05, 3.63) is 231 Å². The molecule has 0 atom stereocenters. The second-order valence-corrected chi connectivity index (χ2v) is 15.2. The zero-order chi connectivity index (χ0) is 40.5. The van der Waals surface area contributed by atoms with Crippen molar-refractivity contribution in [3.63, 3.8) is 0 Å². The summed E-state index contributed by atoms with van der Waals surface area (Å²) in [5.74, 6) is 0.679. The molecule has 4 heteroatoms. The Morgan fingerprint density at radius 2 is 0.689 bits per heavy atom. The summed E-state index contributed by atoms with van der Waals surface area (Å²) in [5.41, 5.74) is 16.8. The van der Waals surface area contributed by atoms with E-state index in [0.29, 0.717) is 5.82 Å². The van der Waals surface area contributed by atoms with Crippen LogP contribution in [0.15, 0.2) is 231 Å². The van der Waals surface area contributed by atoms with Crippen LogP contribution in [-0.4, -0.2) is 19.6 Å². The number of fused-ring (bicyclic) bond motifs is 3. The van der Waals surface area contributed by atoms with E-state index in [1.807, 2.05) is 36.4 Å². The van der Waals surface area contributed by atoms with Gasteiger partial charge in [-0.3, -0.25) is 0 Å². The first-order chi connectivity index (χ1) is 30.3. The molecular weight excluding hydrogens is 741 g/mol. The van der Waals surface area contributed by atoms with Crippen molar-refractivity contribution in [2.45, 2.75) is 0 Å². The Morgan fingerprint density at radius 3 is 1.25 bits per heavy atom. The number of pyridine rings is 1. The van der Waals surface area contributed by atoms with Crippen LogP contribution in [0.2, 0.25) is 0 Å². The first-order valence-corrected chi connectivity index (χ1v) is 20.6. The highest BCUT2D eigenvalue weighted by Crippen LogP contribution is 2.46. The van der Waals surface area contributed by atoms with Gasteiger partial charge in [0.15, 0.2) is 5.82 Å². The second kappa shape index (κ2) is 15.5. The lowest BCUT2D eigenvalue weighted by Gasteiger charge is -2.18. The van der Waals surface area contributed by atoms with E-state index in [0.717, 1.165) is 89.1 Å². The Morgan fingerprint density at radius 1 is 0.295 bits per heavy atom. The van der Waals surface area contributed by atoms with Gasteiger partial charge in [0.1, 0.15) is 5.69 Å². The van der Waals surface area contributed by atoms with E-state index in [4.69, 9.17) is 15.1 Å². The maximum absolute atomic E-state index is 5.61. The Bertz CT molecular complexity index is 3230. The van der Waals surface area contributed by atoms with Crippen molar-refractivity contribution in [1.82, 2.24) is 19.6 Å². The summed E-state index contributed by atoms with van der Waals surface area (Å²) in [6.45, 7) is 0. The SMILES string of the molecule is c1ccc(-c2ccc(-c3nn4c(-c5ccccc5)c(-c5ccc(-c6nc(-c7ccccc7)cc(-c7ccccc7)n6)cc5)c5ccccc5c4c3-c3ccccc3)cc2)cc1. The highest BCUT2D eigenvalue weighted by Gasteiger charge is 2.25. The molecule has 0 unspecified atom stereocenters. The molecule has 61 heavy (non-hydrogen) atoms. The summed E-state index contributed by atoms with van der Waals surface area (Å²) >= 11 is 0. The summed E-state index contributed by atoms with van der Waals surface area (Å²) in [5, 5.41) is 7.90. The Kier molecular flexibility index (Phi) is 9.14. The number of hydrogen-bond donors (Lipinski definition) is 0. The van der Waals surface area contributed by atoms with Gasteiger partial charge in [-0.2, -0.15) is 5.10 Å². The number of hydrogen-bond acceptors (Lipinski definition) is 3. The topological polar surface area (TPSA) is 43.1 Å². The lowest BCUT2D eigenvalue weighted by Crippen LogP contribution is -2.00. The molecule has 0 fully saturated rings. The van der Waals surface area contributed by atoms with E-state index in [1.165, 1.54) is 11.1 Å². The lowest BCUT2D eigenvalue weighted by atomic mass is 9.91. The Hall–Kier alpha value is -8.21. The fourth-order valence-electron chi connectivity index (χ4n) is 8.53. The van der Waals surface area contributed by atoms with Gasteiger partial charge in [0, 0.05) is 44.3 Å². The largest absolute Gasteiger partial charge is 0.231 e. The minimum absolute atomic E-state index is 0.679.